The van der Waals surface area contributed by atoms with E-state index in [9.17, 15) is 4.79 Å². The summed E-state index contributed by atoms with van der Waals surface area (Å²) in [5.74, 6) is 0.249. The average Bonchev–Trinajstić information content (AvgIpc) is 2.55. The van der Waals surface area contributed by atoms with Crippen LogP contribution in [0.25, 0.3) is 10.9 Å². The van der Waals surface area contributed by atoms with Crippen molar-refractivity contribution in [3.8, 4) is 0 Å². The molecule has 1 amide bonds. The highest BCUT2D eigenvalue weighted by molar-refractivity contribution is 6.00. The highest BCUT2D eigenvalue weighted by Gasteiger charge is 2.18. The van der Waals surface area contributed by atoms with E-state index in [1.807, 2.05) is 30.3 Å². The van der Waals surface area contributed by atoms with Crippen molar-refractivity contribution in [3.05, 3.63) is 36.5 Å². The Morgan fingerprint density at radius 1 is 1.09 bits per heavy atom. The van der Waals surface area contributed by atoms with E-state index in [1.165, 1.54) is 0 Å². The number of nitrogens with zero attached hydrogens (tertiary/aromatic N) is 1. The van der Waals surface area contributed by atoms with Gasteiger partial charge in [0.05, 0.1) is 11.2 Å². The molecule has 3 nitrogen and oxygen atoms in total. The molecule has 0 saturated heterocycles. The number of rotatable bonds is 8. The van der Waals surface area contributed by atoms with Gasteiger partial charge in [0.25, 0.3) is 0 Å². The summed E-state index contributed by atoms with van der Waals surface area (Å²) in [4.78, 5) is 17.0. The molecule has 1 heterocycles. The van der Waals surface area contributed by atoms with Gasteiger partial charge in [0.2, 0.25) is 5.91 Å². The van der Waals surface area contributed by atoms with Gasteiger partial charge in [0, 0.05) is 17.5 Å². The Kier molecular flexibility index (Phi) is 6.38. The molecule has 2 aromatic rings. The van der Waals surface area contributed by atoms with Crippen LogP contribution in [0.15, 0.2) is 36.5 Å². The van der Waals surface area contributed by atoms with Crippen LogP contribution >= 0.6 is 0 Å². The number of hydrogen-bond donors (Lipinski definition) is 1. The molecule has 118 valence electrons. The summed E-state index contributed by atoms with van der Waals surface area (Å²) in [6.45, 7) is 4.34. The lowest BCUT2D eigenvalue weighted by Gasteiger charge is -2.17. The van der Waals surface area contributed by atoms with Gasteiger partial charge in [-0.2, -0.15) is 0 Å². The monoisotopic (exact) mass is 298 g/mol. The van der Waals surface area contributed by atoms with E-state index in [-0.39, 0.29) is 11.8 Å². The molecule has 0 aliphatic heterocycles. The predicted molar refractivity (Wildman–Crippen MR) is 92.9 cm³/mol. The second-order valence-electron chi connectivity index (χ2n) is 5.85. The van der Waals surface area contributed by atoms with Crippen LogP contribution < -0.4 is 5.32 Å². The molecule has 0 radical (unpaired) electrons. The van der Waals surface area contributed by atoms with Gasteiger partial charge in [-0.15, -0.1) is 0 Å². The van der Waals surface area contributed by atoms with Crippen molar-refractivity contribution in [2.45, 2.75) is 52.4 Å². The SMILES string of the molecule is CCCCC(CCCC)C(=O)Nc1cccc2cccnc12. The van der Waals surface area contributed by atoms with Crippen molar-refractivity contribution in [1.82, 2.24) is 4.98 Å². The van der Waals surface area contributed by atoms with E-state index < -0.39 is 0 Å². The van der Waals surface area contributed by atoms with Gasteiger partial charge >= 0.3 is 0 Å². The van der Waals surface area contributed by atoms with Gasteiger partial charge in [0.1, 0.15) is 0 Å². The minimum absolute atomic E-state index is 0.110. The molecule has 0 saturated carbocycles. The van der Waals surface area contributed by atoms with Crippen LogP contribution in [0.2, 0.25) is 0 Å². The van der Waals surface area contributed by atoms with Gasteiger partial charge in [-0.25, -0.2) is 0 Å². The van der Waals surface area contributed by atoms with Crippen LogP contribution in [-0.4, -0.2) is 10.9 Å². The van der Waals surface area contributed by atoms with Crippen molar-refractivity contribution in [2.24, 2.45) is 5.92 Å². The number of benzene rings is 1. The molecule has 0 spiro atoms. The number of para-hydroxylation sites is 1. The minimum Gasteiger partial charge on any atom is -0.324 e. The quantitative estimate of drug-likeness (QED) is 0.730. The lowest BCUT2D eigenvalue weighted by Crippen LogP contribution is -2.23. The standard InChI is InChI=1S/C19H26N2O/c1-3-5-9-16(10-6-4-2)19(22)21-17-13-7-11-15-12-8-14-20-18(15)17/h7-8,11-14,16H,3-6,9-10H2,1-2H3,(H,21,22). The van der Waals surface area contributed by atoms with Crippen LogP contribution in [0, 0.1) is 5.92 Å². The van der Waals surface area contributed by atoms with Crippen LogP contribution in [0.5, 0.6) is 0 Å². The first-order valence-corrected chi connectivity index (χ1v) is 8.40. The summed E-state index contributed by atoms with van der Waals surface area (Å²) < 4.78 is 0. The van der Waals surface area contributed by atoms with E-state index in [4.69, 9.17) is 0 Å². The third kappa shape index (κ3) is 4.30. The fourth-order valence-electron chi connectivity index (χ4n) is 2.75. The summed E-state index contributed by atoms with van der Waals surface area (Å²) in [6.07, 6.45) is 8.19. The van der Waals surface area contributed by atoms with E-state index in [0.29, 0.717) is 0 Å². The number of fused-ring (bicyclic) bond motifs is 1. The number of carbonyl (C=O) groups excluding carboxylic acids is 1. The lowest BCUT2D eigenvalue weighted by atomic mass is 9.95. The third-order valence-electron chi connectivity index (χ3n) is 4.07. The molecule has 2 rings (SSSR count). The summed E-state index contributed by atoms with van der Waals surface area (Å²) in [5.41, 5.74) is 1.68. The number of carbonyl (C=O) groups is 1. The van der Waals surface area contributed by atoms with E-state index >= 15 is 0 Å². The molecule has 1 aromatic heterocycles. The van der Waals surface area contributed by atoms with Gasteiger partial charge in [-0.05, 0) is 25.0 Å². The fourth-order valence-corrected chi connectivity index (χ4v) is 2.75. The molecule has 0 fully saturated rings. The van der Waals surface area contributed by atoms with Gasteiger partial charge in [-0.1, -0.05) is 57.7 Å². The first kappa shape index (κ1) is 16.5. The maximum atomic E-state index is 12.6. The van der Waals surface area contributed by atoms with Crippen LogP contribution in [0.4, 0.5) is 5.69 Å². The first-order valence-electron chi connectivity index (χ1n) is 8.40. The van der Waals surface area contributed by atoms with Crippen molar-refractivity contribution >= 4 is 22.5 Å². The Labute approximate surface area is 133 Å². The fraction of sp³-hybridized carbons (Fsp3) is 0.474. The van der Waals surface area contributed by atoms with Crippen LogP contribution in [0.3, 0.4) is 0 Å². The summed E-state index contributed by atoms with van der Waals surface area (Å²) in [7, 11) is 0. The van der Waals surface area contributed by atoms with Crippen molar-refractivity contribution in [3.63, 3.8) is 0 Å². The molecule has 0 aliphatic rings. The number of anilines is 1. The van der Waals surface area contributed by atoms with E-state index in [1.54, 1.807) is 6.20 Å². The summed E-state index contributed by atoms with van der Waals surface area (Å²) >= 11 is 0. The summed E-state index contributed by atoms with van der Waals surface area (Å²) in [6, 6.07) is 9.85. The normalized spacial score (nSPS) is 11.0. The molecular weight excluding hydrogens is 272 g/mol. The molecule has 0 aliphatic carbocycles. The third-order valence-corrected chi connectivity index (χ3v) is 4.07. The number of nitrogens with one attached hydrogen (secondary N) is 1. The maximum Gasteiger partial charge on any atom is 0.227 e. The molecule has 3 heteroatoms. The van der Waals surface area contributed by atoms with Crippen molar-refractivity contribution in [2.75, 3.05) is 5.32 Å². The number of pyridine rings is 1. The smallest absolute Gasteiger partial charge is 0.227 e. The Morgan fingerprint density at radius 3 is 2.45 bits per heavy atom. The molecule has 22 heavy (non-hydrogen) atoms. The Hall–Kier alpha value is -1.90. The molecule has 0 bridgehead atoms. The largest absolute Gasteiger partial charge is 0.324 e. The highest BCUT2D eigenvalue weighted by atomic mass is 16.1. The Balaban J connectivity index is 2.13. The zero-order chi connectivity index (χ0) is 15.8. The van der Waals surface area contributed by atoms with Gasteiger partial charge < -0.3 is 5.32 Å². The second kappa shape index (κ2) is 8.52. The first-order chi connectivity index (χ1) is 10.8. The number of amides is 1. The predicted octanol–water partition coefficient (Wildman–Crippen LogP) is 5.17. The highest BCUT2D eigenvalue weighted by Crippen LogP contribution is 2.23. The zero-order valence-electron chi connectivity index (χ0n) is 13.6. The Bertz CT molecular complexity index is 596. The van der Waals surface area contributed by atoms with Crippen molar-refractivity contribution < 1.29 is 4.79 Å². The van der Waals surface area contributed by atoms with E-state index in [0.717, 1.165) is 55.1 Å². The van der Waals surface area contributed by atoms with Crippen LogP contribution in [-0.2, 0) is 4.79 Å². The van der Waals surface area contributed by atoms with Crippen LogP contribution in [0.1, 0.15) is 52.4 Å². The van der Waals surface area contributed by atoms with E-state index in [2.05, 4.69) is 24.1 Å². The molecular formula is C19H26N2O. The van der Waals surface area contributed by atoms with Gasteiger partial charge in [0.15, 0.2) is 0 Å². The van der Waals surface area contributed by atoms with Crippen molar-refractivity contribution in [1.29, 1.82) is 0 Å². The maximum absolute atomic E-state index is 12.6. The molecule has 1 N–H and O–H groups in total. The molecule has 0 atom stereocenters. The molecule has 1 aromatic carbocycles. The minimum atomic E-state index is 0.110. The number of hydrogen-bond acceptors (Lipinski definition) is 2. The van der Waals surface area contributed by atoms with Gasteiger partial charge in [-0.3, -0.25) is 9.78 Å². The average molecular weight is 298 g/mol. The number of unbranched alkanes of at least 4 members (excludes halogenated alkanes) is 2. The second-order valence-corrected chi connectivity index (χ2v) is 5.85. The Morgan fingerprint density at radius 2 is 1.77 bits per heavy atom. The summed E-state index contributed by atoms with van der Waals surface area (Å²) in [5, 5.41) is 4.16. The zero-order valence-corrected chi connectivity index (χ0v) is 13.6. The topological polar surface area (TPSA) is 42.0 Å². The molecule has 0 unspecified atom stereocenters. The number of aromatic nitrogens is 1. The lowest BCUT2D eigenvalue weighted by molar-refractivity contribution is -0.120.